The molecule has 0 fully saturated rings. The molecule has 208 valence electrons. The maximum Gasteiger partial charge on any atom is 0.238 e. The third-order valence-corrected chi connectivity index (χ3v) is 8.45. The predicted molar refractivity (Wildman–Crippen MR) is 184 cm³/mol. The van der Waals surface area contributed by atoms with Crippen LogP contribution in [-0.4, -0.2) is 19.5 Å². The Bertz CT molecular complexity index is 2160. The third-order valence-electron chi connectivity index (χ3n) is 7.96. The third kappa shape index (κ3) is 4.77. The van der Waals surface area contributed by atoms with E-state index in [1.165, 1.54) is 11.1 Å². The first kappa shape index (κ1) is 26.3. The molecule has 4 nitrogen and oxygen atoms in total. The quantitative estimate of drug-likeness (QED) is 0.190. The van der Waals surface area contributed by atoms with Crippen molar-refractivity contribution >= 4 is 37.7 Å². The molecule has 0 aliphatic carbocycles. The van der Waals surface area contributed by atoms with Gasteiger partial charge < -0.3 is 0 Å². The molecule has 8 aromatic rings. The van der Waals surface area contributed by atoms with E-state index in [-0.39, 0.29) is 0 Å². The molecule has 0 spiro atoms. The van der Waals surface area contributed by atoms with Crippen LogP contribution in [0.2, 0.25) is 0 Å². The number of fused-ring (bicyclic) bond motifs is 3. The van der Waals surface area contributed by atoms with Crippen molar-refractivity contribution in [1.29, 1.82) is 0 Å². The van der Waals surface area contributed by atoms with Crippen LogP contribution in [0.25, 0.3) is 72.8 Å². The zero-order valence-electron chi connectivity index (χ0n) is 23.6. The first-order valence-corrected chi connectivity index (χ1v) is 15.3. The number of hydrogen-bond donors (Lipinski definition) is 0. The maximum atomic E-state index is 5.09. The molecule has 0 aliphatic heterocycles. The fourth-order valence-corrected chi connectivity index (χ4v) is 6.13. The highest BCUT2D eigenvalue weighted by molar-refractivity contribution is 9.10. The Kier molecular flexibility index (Phi) is 6.58. The van der Waals surface area contributed by atoms with Crippen molar-refractivity contribution in [1.82, 2.24) is 19.5 Å². The van der Waals surface area contributed by atoms with E-state index in [9.17, 15) is 0 Å². The fraction of sp³-hybridized carbons (Fsp3) is 0. The number of halogens is 1. The summed E-state index contributed by atoms with van der Waals surface area (Å²) >= 11 is 3.66. The molecule has 6 aromatic carbocycles. The van der Waals surface area contributed by atoms with Crippen LogP contribution < -0.4 is 0 Å². The standard InChI is InChI=1S/C39H25BrN4/c40-32-23-24-36-34(25-32)33-13-7-8-14-35(33)44(36)39-42-37(30-19-15-28(16-20-30)26-9-3-1-4-10-26)41-38(43-39)31-21-17-29(18-22-31)27-11-5-2-6-12-27/h1-25H. The SMILES string of the molecule is Brc1ccc2c(c1)c1ccccc1n2-c1nc(-c2ccc(-c3ccccc3)cc2)nc(-c2ccc(-c3ccccc3)cc2)n1. The van der Waals surface area contributed by atoms with Crippen molar-refractivity contribution in [3.05, 3.63) is 156 Å². The Morgan fingerprint density at radius 2 is 0.841 bits per heavy atom. The molecule has 0 saturated carbocycles. The molecular formula is C39H25BrN4. The van der Waals surface area contributed by atoms with Gasteiger partial charge in [0.25, 0.3) is 0 Å². The van der Waals surface area contributed by atoms with Gasteiger partial charge >= 0.3 is 0 Å². The van der Waals surface area contributed by atoms with Crippen LogP contribution in [-0.2, 0) is 0 Å². The molecule has 2 heterocycles. The Hall–Kier alpha value is -5.39. The summed E-state index contributed by atoms with van der Waals surface area (Å²) in [6.07, 6.45) is 0. The largest absolute Gasteiger partial charge is 0.278 e. The Morgan fingerprint density at radius 1 is 0.386 bits per heavy atom. The topological polar surface area (TPSA) is 43.6 Å². The van der Waals surface area contributed by atoms with E-state index in [0.717, 1.165) is 48.5 Å². The van der Waals surface area contributed by atoms with Crippen molar-refractivity contribution in [3.8, 4) is 51.0 Å². The van der Waals surface area contributed by atoms with E-state index in [0.29, 0.717) is 17.6 Å². The van der Waals surface area contributed by atoms with Crippen LogP contribution in [0.5, 0.6) is 0 Å². The van der Waals surface area contributed by atoms with Crippen LogP contribution in [0, 0.1) is 0 Å². The Labute approximate surface area is 263 Å². The predicted octanol–water partition coefficient (Wildman–Crippen LogP) is 10.4. The van der Waals surface area contributed by atoms with Crippen molar-refractivity contribution < 1.29 is 0 Å². The van der Waals surface area contributed by atoms with Crippen LogP contribution >= 0.6 is 15.9 Å². The van der Waals surface area contributed by atoms with Crippen molar-refractivity contribution in [2.45, 2.75) is 0 Å². The zero-order chi connectivity index (χ0) is 29.5. The first-order chi connectivity index (χ1) is 21.7. The molecule has 2 aromatic heterocycles. The molecule has 0 radical (unpaired) electrons. The molecule has 44 heavy (non-hydrogen) atoms. The molecular weight excluding hydrogens is 604 g/mol. The summed E-state index contributed by atoms with van der Waals surface area (Å²) in [7, 11) is 0. The van der Waals surface area contributed by atoms with Gasteiger partial charge in [0.15, 0.2) is 11.6 Å². The Balaban J connectivity index is 1.31. The van der Waals surface area contributed by atoms with E-state index in [1.54, 1.807) is 0 Å². The summed E-state index contributed by atoms with van der Waals surface area (Å²) in [5.74, 6) is 1.83. The molecule has 0 bridgehead atoms. The second kappa shape index (κ2) is 11.0. The van der Waals surface area contributed by atoms with Gasteiger partial charge in [0.2, 0.25) is 5.95 Å². The molecule has 0 aliphatic rings. The number of benzene rings is 6. The van der Waals surface area contributed by atoms with Crippen LogP contribution in [0.4, 0.5) is 0 Å². The molecule has 0 amide bonds. The number of hydrogen-bond acceptors (Lipinski definition) is 3. The summed E-state index contributed by atoms with van der Waals surface area (Å²) in [5, 5.41) is 2.28. The highest BCUT2D eigenvalue weighted by Crippen LogP contribution is 2.34. The molecule has 0 unspecified atom stereocenters. The van der Waals surface area contributed by atoms with Gasteiger partial charge in [0, 0.05) is 26.4 Å². The molecule has 0 N–H and O–H groups in total. The maximum absolute atomic E-state index is 5.09. The summed E-state index contributed by atoms with van der Waals surface area (Å²) in [4.78, 5) is 15.2. The van der Waals surface area contributed by atoms with Gasteiger partial charge in [-0.05, 0) is 46.5 Å². The van der Waals surface area contributed by atoms with Crippen LogP contribution in [0.15, 0.2) is 156 Å². The van der Waals surface area contributed by atoms with Crippen molar-refractivity contribution in [3.63, 3.8) is 0 Å². The summed E-state index contributed by atoms with van der Waals surface area (Å²) in [6, 6.07) is 52.4. The van der Waals surface area contributed by atoms with Crippen LogP contribution in [0.3, 0.4) is 0 Å². The molecule has 0 saturated heterocycles. The van der Waals surface area contributed by atoms with Gasteiger partial charge in [-0.25, -0.2) is 4.98 Å². The summed E-state index contributed by atoms with van der Waals surface area (Å²) < 4.78 is 3.17. The number of aromatic nitrogens is 4. The van der Waals surface area contributed by atoms with E-state index in [4.69, 9.17) is 15.0 Å². The Morgan fingerprint density at radius 3 is 1.41 bits per heavy atom. The number of nitrogens with zero attached hydrogens (tertiary/aromatic N) is 4. The van der Waals surface area contributed by atoms with Gasteiger partial charge in [0.1, 0.15) is 0 Å². The average molecular weight is 630 g/mol. The molecule has 8 rings (SSSR count). The molecule has 0 atom stereocenters. The number of para-hydroxylation sites is 1. The fourth-order valence-electron chi connectivity index (χ4n) is 5.77. The highest BCUT2D eigenvalue weighted by Gasteiger charge is 2.18. The lowest BCUT2D eigenvalue weighted by Gasteiger charge is -2.11. The van der Waals surface area contributed by atoms with Crippen molar-refractivity contribution in [2.75, 3.05) is 0 Å². The smallest absolute Gasteiger partial charge is 0.238 e. The first-order valence-electron chi connectivity index (χ1n) is 14.5. The van der Waals surface area contributed by atoms with Gasteiger partial charge in [-0.2, -0.15) is 9.97 Å². The van der Waals surface area contributed by atoms with E-state index < -0.39 is 0 Å². The minimum absolute atomic E-state index is 0.581. The lowest BCUT2D eigenvalue weighted by molar-refractivity contribution is 0.953. The average Bonchev–Trinajstić information content (AvgIpc) is 3.42. The van der Waals surface area contributed by atoms with E-state index in [2.05, 4.69) is 160 Å². The summed E-state index contributed by atoms with van der Waals surface area (Å²) in [5.41, 5.74) is 8.58. The zero-order valence-corrected chi connectivity index (χ0v) is 25.2. The minimum Gasteiger partial charge on any atom is -0.278 e. The second-order valence-electron chi connectivity index (χ2n) is 10.7. The van der Waals surface area contributed by atoms with Gasteiger partial charge in [0.05, 0.1) is 11.0 Å². The normalized spacial score (nSPS) is 11.3. The monoisotopic (exact) mass is 628 g/mol. The lowest BCUT2D eigenvalue weighted by Crippen LogP contribution is -2.06. The highest BCUT2D eigenvalue weighted by atomic mass is 79.9. The summed E-state index contributed by atoms with van der Waals surface area (Å²) in [6.45, 7) is 0. The van der Waals surface area contributed by atoms with Gasteiger partial charge in [-0.1, -0.05) is 143 Å². The molecule has 5 heteroatoms. The van der Waals surface area contributed by atoms with Gasteiger partial charge in [-0.3, -0.25) is 4.57 Å². The van der Waals surface area contributed by atoms with E-state index in [1.807, 2.05) is 12.1 Å². The minimum atomic E-state index is 0.581. The van der Waals surface area contributed by atoms with E-state index >= 15 is 0 Å². The van der Waals surface area contributed by atoms with Gasteiger partial charge in [-0.15, -0.1) is 0 Å². The number of rotatable bonds is 5. The van der Waals surface area contributed by atoms with Crippen LogP contribution in [0.1, 0.15) is 0 Å². The lowest BCUT2D eigenvalue weighted by atomic mass is 10.0. The second-order valence-corrected chi connectivity index (χ2v) is 11.6. The van der Waals surface area contributed by atoms with Crippen molar-refractivity contribution in [2.24, 2.45) is 0 Å².